The number of nitriles is 1. The van der Waals surface area contributed by atoms with Crippen molar-refractivity contribution >= 4 is 22.3 Å². The molecule has 2 rings (SSSR count). The fourth-order valence-corrected chi connectivity index (χ4v) is 2.33. The van der Waals surface area contributed by atoms with Crippen LogP contribution in [0.25, 0.3) is 0 Å². The Labute approximate surface area is 98.4 Å². The first-order chi connectivity index (χ1) is 7.83. The van der Waals surface area contributed by atoms with Crippen LogP contribution in [0.15, 0.2) is 0 Å². The van der Waals surface area contributed by atoms with Gasteiger partial charge in [0.2, 0.25) is 0 Å². The summed E-state index contributed by atoms with van der Waals surface area (Å²) < 4.78 is 5.50. The van der Waals surface area contributed by atoms with Crippen LogP contribution in [0.1, 0.15) is 17.7 Å². The smallest absolute Gasteiger partial charge is 0.185 e. The molecule has 1 aliphatic rings. The van der Waals surface area contributed by atoms with E-state index in [1.807, 2.05) is 0 Å². The summed E-state index contributed by atoms with van der Waals surface area (Å²) in [6.45, 7) is 1.57. The molecule has 0 bridgehead atoms. The van der Waals surface area contributed by atoms with Gasteiger partial charge in [-0.3, -0.25) is 0 Å². The maximum Gasteiger partial charge on any atom is 0.185 e. The lowest BCUT2D eigenvalue weighted by atomic mass is 10.2. The summed E-state index contributed by atoms with van der Waals surface area (Å²) in [6.07, 6.45) is 2.46. The van der Waals surface area contributed by atoms with Crippen LogP contribution >= 0.6 is 11.3 Å². The molecule has 5 nitrogen and oxygen atoms in total. The van der Waals surface area contributed by atoms with Crippen LogP contribution in [0, 0.1) is 11.3 Å². The summed E-state index contributed by atoms with van der Waals surface area (Å²) in [4.78, 5) is 4.89. The van der Waals surface area contributed by atoms with Crippen LogP contribution in [0.2, 0.25) is 0 Å². The molecule has 0 amide bonds. The Morgan fingerprint density at radius 1 is 1.69 bits per heavy atom. The van der Waals surface area contributed by atoms with Gasteiger partial charge in [-0.25, -0.2) is 4.98 Å². The second-order valence-corrected chi connectivity index (χ2v) is 4.57. The summed E-state index contributed by atoms with van der Waals surface area (Å²) in [5.41, 5.74) is 0. The van der Waals surface area contributed by atoms with Crippen LogP contribution in [0.4, 0.5) is 10.9 Å². The minimum absolute atomic E-state index is 0.256. The SMILES string of the molecule is CNc1nc(NCC2CCCO2)c(C#N)s1. The third-order valence-corrected chi connectivity index (χ3v) is 3.44. The summed E-state index contributed by atoms with van der Waals surface area (Å²) in [6, 6.07) is 2.14. The molecule has 0 aromatic carbocycles. The minimum Gasteiger partial charge on any atom is -0.376 e. The highest BCUT2D eigenvalue weighted by Crippen LogP contribution is 2.26. The van der Waals surface area contributed by atoms with Crippen molar-refractivity contribution in [1.29, 1.82) is 5.26 Å². The third kappa shape index (κ3) is 2.43. The Kier molecular flexibility index (Phi) is 3.59. The number of ether oxygens (including phenoxy) is 1. The maximum absolute atomic E-state index is 8.94. The quantitative estimate of drug-likeness (QED) is 0.834. The zero-order chi connectivity index (χ0) is 11.4. The van der Waals surface area contributed by atoms with Crippen molar-refractivity contribution in [2.45, 2.75) is 18.9 Å². The van der Waals surface area contributed by atoms with Gasteiger partial charge in [-0.2, -0.15) is 5.26 Å². The number of rotatable bonds is 4. The number of hydrogen-bond acceptors (Lipinski definition) is 6. The monoisotopic (exact) mass is 238 g/mol. The van der Waals surface area contributed by atoms with E-state index in [0.29, 0.717) is 10.7 Å². The van der Waals surface area contributed by atoms with Gasteiger partial charge in [0.1, 0.15) is 6.07 Å². The van der Waals surface area contributed by atoms with E-state index in [1.54, 1.807) is 7.05 Å². The van der Waals surface area contributed by atoms with Gasteiger partial charge in [-0.1, -0.05) is 11.3 Å². The lowest BCUT2D eigenvalue weighted by Gasteiger charge is -2.09. The molecule has 1 atom stereocenters. The average molecular weight is 238 g/mol. The van der Waals surface area contributed by atoms with E-state index < -0.39 is 0 Å². The molecule has 0 radical (unpaired) electrons. The summed E-state index contributed by atoms with van der Waals surface area (Å²) in [5, 5.41) is 15.8. The molecule has 1 aliphatic heterocycles. The first-order valence-electron chi connectivity index (χ1n) is 5.27. The lowest BCUT2D eigenvalue weighted by molar-refractivity contribution is 0.120. The van der Waals surface area contributed by atoms with Gasteiger partial charge in [-0.05, 0) is 12.8 Å². The molecule has 2 N–H and O–H groups in total. The van der Waals surface area contributed by atoms with Crippen LogP contribution in [0.3, 0.4) is 0 Å². The number of anilines is 2. The van der Waals surface area contributed by atoms with Gasteiger partial charge in [0.25, 0.3) is 0 Å². The van der Waals surface area contributed by atoms with E-state index in [-0.39, 0.29) is 6.10 Å². The molecule has 1 aromatic rings. The second kappa shape index (κ2) is 5.14. The normalized spacial score (nSPS) is 19.4. The first kappa shape index (κ1) is 11.2. The molecule has 0 spiro atoms. The Morgan fingerprint density at radius 2 is 2.56 bits per heavy atom. The highest BCUT2D eigenvalue weighted by molar-refractivity contribution is 7.16. The van der Waals surface area contributed by atoms with E-state index in [0.717, 1.165) is 31.1 Å². The van der Waals surface area contributed by atoms with E-state index in [4.69, 9.17) is 10.00 Å². The van der Waals surface area contributed by atoms with Gasteiger partial charge >= 0.3 is 0 Å². The van der Waals surface area contributed by atoms with Crippen molar-refractivity contribution in [2.24, 2.45) is 0 Å². The van der Waals surface area contributed by atoms with Gasteiger partial charge in [-0.15, -0.1) is 0 Å². The first-order valence-corrected chi connectivity index (χ1v) is 6.09. The molecule has 0 aliphatic carbocycles. The standard InChI is InChI=1S/C10H14N4OS/c1-12-10-14-9(8(5-11)16-10)13-6-7-3-2-4-15-7/h7,13H,2-4,6H2,1H3,(H,12,14). The van der Waals surface area contributed by atoms with E-state index in [9.17, 15) is 0 Å². The molecule has 1 saturated heterocycles. The molecule has 1 aromatic heterocycles. The van der Waals surface area contributed by atoms with Crippen molar-refractivity contribution in [3.05, 3.63) is 4.88 Å². The predicted molar refractivity (Wildman–Crippen MR) is 63.8 cm³/mol. The highest BCUT2D eigenvalue weighted by Gasteiger charge is 2.17. The largest absolute Gasteiger partial charge is 0.376 e. The van der Waals surface area contributed by atoms with Crippen LogP contribution in [-0.4, -0.2) is 31.3 Å². The molecule has 86 valence electrons. The number of aromatic nitrogens is 1. The van der Waals surface area contributed by atoms with Gasteiger partial charge in [0, 0.05) is 20.2 Å². The summed E-state index contributed by atoms with van der Waals surface area (Å²) in [5.74, 6) is 0.660. The number of nitrogens with one attached hydrogen (secondary N) is 2. The number of hydrogen-bond donors (Lipinski definition) is 2. The Balaban J connectivity index is 1.97. The molecular formula is C10H14N4OS. The van der Waals surface area contributed by atoms with Crippen LogP contribution in [0.5, 0.6) is 0 Å². The zero-order valence-corrected chi connectivity index (χ0v) is 9.93. The van der Waals surface area contributed by atoms with Crippen molar-refractivity contribution in [3.8, 4) is 6.07 Å². The third-order valence-electron chi connectivity index (χ3n) is 2.46. The fraction of sp³-hybridized carbons (Fsp3) is 0.600. The lowest BCUT2D eigenvalue weighted by Crippen LogP contribution is -2.18. The van der Waals surface area contributed by atoms with Crippen molar-refractivity contribution in [1.82, 2.24) is 4.98 Å². The van der Waals surface area contributed by atoms with Crippen molar-refractivity contribution < 1.29 is 4.74 Å². The highest BCUT2D eigenvalue weighted by atomic mass is 32.1. The molecular weight excluding hydrogens is 224 g/mol. The molecule has 1 unspecified atom stereocenters. The average Bonchev–Trinajstić information content (AvgIpc) is 2.95. The number of thiazole rings is 1. The minimum atomic E-state index is 0.256. The van der Waals surface area contributed by atoms with Gasteiger partial charge in [0.15, 0.2) is 15.8 Å². The summed E-state index contributed by atoms with van der Waals surface area (Å²) >= 11 is 1.36. The van der Waals surface area contributed by atoms with Crippen LogP contribution in [-0.2, 0) is 4.74 Å². The maximum atomic E-state index is 8.94. The molecule has 6 heteroatoms. The topological polar surface area (TPSA) is 70.0 Å². The Morgan fingerprint density at radius 3 is 3.19 bits per heavy atom. The van der Waals surface area contributed by atoms with Gasteiger partial charge in [0.05, 0.1) is 6.10 Å². The van der Waals surface area contributed by atoms with E-state index in [1.165, 1.54) is 11.3 Å². The fourth-order valence-electron chi connectivity index (χ4n) is 1.64. The molecule has 2 heterocycles. The molecule has 16 heavy (non-hydrogen) atoms. The zero-order valence-electron chi connectivity index (χ0n) is 9.12. The number of nitrogens with zero attached hydrogens (tertiary/aromatic N) is 2. The summed E-state index contributed by atoms with van der Waals surface area (Å²) in [7, 11) is 1.80. The van der Waals surface area contributed by atoms with Crippen molar-refractivity contribution in [2.75, 3.05) is 30.8 Å². The Bertz CT molecular complexity index is 392. The van der Waals surface area contributed by atoms with E-state index in [2.05, 4.69) is 21.7 Å². The Hall–Kier alpha value is -1.32. The second-order valence-electron chi connectivity index (χ2n) is 3.57. The van der Waals surface area contributed by atoms with E-state index >= 15 is 0 Å². The van der Waals surface area contributed by atoms with Gasteiger partial charge < -0.3 is 15.4 Å². The predicted octanol–water partition coefficient (Wildman–Crippen LogP) is 1.65. The molecule has 1 fully saturated rings. The molecule has 0 saturated carbocycles. The van der Waals surface area contributed by atoms with Crippen LogP contribution < -0.4 is 10.6 Å². The van der Waals surface area contributed by atoms with Crippen molar-refractivity contribution in [3.63, 3.8) is 0 Å².